The van der Waals surface area contributed by atoms with Crippen LogP contribution in [0.2, 0.25) is 20.1 Å². The van der Waals surface area contributed by atoms with Gasteiger partial charge in [0.2, 0.25) is 11.8 Å². The van der Waals surface area contributed by atoms with Crippen molar-refractivity contribution in [1.29, 1.82) is 0 Å². The zero-order chi connectivity index (χ0) is 18.1. The fraction of sp³-hybridized carbons (Fsp3) is 0.357. The number of hydrogen-bond acceptors (Lipinski definition) is 5. The molecule has 1 N–H and O–H groups in total. The van der Waals surface area contributed by atoms with Gasteiger partial charge in [-0.2, -0.15) is 0 Å². The monoisotopic (exact) mass is 427 g/mol. The van der Waals surface area contributed by atoms with E-state index in [1.165, 1.54) is 6.07 Å². The van der Waals surface area contributed by atoms with E-state index in [9.17, 15) is 4.79 Å². The lowest BCUT2D eigenvalue weighted by molar-refractivity contribution is -0.113. The molecular weight excluding hydrogens is 416 g/mol. The Kier molecular flexibility index (Phi) is 6.31. The predicted octanol–water partition coefficient (Wildman–Crippen LogP) is 5.71. The van der Waals surface area contributed by atoms with Crippen molar-refractivity contribution in [2.45, 2.75) is 31.4 Å². The molecule has 0 saturated heterocycles. The SMILES string of the molecule is CC(C)(C)c1nnc(SCC(=O)Nc2c(Cl)c(Cl)cc(Cl)c2Cl)o1. The molecule has 5 nitrogen and oxygen atoms in total. The van der Waals surface area contributed by atoms with Gasteiger partial charge in [-0.3, -0.25) is 4.79 Å². The van der Waals surface area contributed by atoms with E-state index in [2.05, 4.69) is 15.5 Å². The molecule has 0 spiro atoms. The van der Waals surface area contributed by atoms with Crippen LogP contribution in [-0.2, 0) is 10.2 Å². The van der Waals surface area contributed by atoms with Crippen LogP contribution in [0.5, 0.6) is 0 Å². The third-order valence-corrected chi connectivity index (χ3v) is 5.14. The minimum absolute atomic E-state index is 0.0303. The highest BCUT2D eigenvalue weighted by Gasteiger charge is 2.22. The summed E-state index contributed by atoms with van der Waals surface area (Å²) in [5.41, 5.74) is -0.0884. The minimum atomic E-state index is -0.363. The molecule has 0 aliphatic carbocycles. The van der Waals surface area contributed by atoms with Crippen LogP contribution < -0.4 is 5.32 Å². The number of anilines is 1. The van der Waals surface area contributed by atoms with E-state index >= 15 is 0 Å². The van der Waals surface area contributed by atoms with Crippen LogP contribution in [0.1, 0.15) is 26.7 Å². The second kappa shape index (κ2) is 7.70. The molecule has 2 rings (SSSR count). The van der Waals surface area contributed by atoms with Gasteiger partial charge in [0.1, 0.15) is 0 Å². The number of nitrogens with one attached hydrogen (secondary N) is 1. The predicted molar refractivity (Wildman–Crippen MR) is 98.8 cm³/mol. The van der Waals surface area contributed by atoms with Gasteiger partial charge >= 0.3 is 0 Å². The first-order valence-electron chi connectivity index (χ1n) is 6.69. The van der Waals surface area contributed by atoms with Crippen molar-refractivity contribution in [1.82, 2.24) is 10.2 Å². The number of nitrogens with zero attached hydrogens (tertiary/aromatic N) is 2. The zero-order valence-corrected chi connectivity index (χ0v) is 16.8. The van der Waals surface area contributed by atoms with Gasteiger partial charge in [0.05, 0.1) is 31.5 Å². The Morgan fingerprint density at radius 1 is 1.17 bits per heavy atom. The molecule has 0 aliphatic rings. The summed E-state index contributed by atoms with van der Waals surface area (Å²) in [6.07, 6.45) is 0. The summed E-state index contributed by atoms with van der Waals surface area (Å²) in [5.74, 6) is 0.165. The molecule has 1 heterocycles. The number of halogens is 4. The van der Waals surface area contributed by atoms with Crippen LogP contribution in [0.25, 0.3) is 0 Å². The Morgan fingerprint density at radius 3 is 2.25 bits per heavy atom. The molecular formula is C14H13Cl4N3O2S. The molecule has 0 atom stereocenters. The molecule has 0 fully saturated rings. The number of amides is 1. The molecule has 2 aromatic rings. The van der Waals surface area contributed by atoms with E-state index in [-0.39, 0.29) is 42.9 Å². The Bertz CT molecular complexity index is 748. The van der Waals surface area contributed by atoms with Crippen LogP contribution in [0.15, 0.2) is 15.7 Å². The van der Waals surface area contributed by atoms with Crippen LogP contribution in [0.4, 0.5) is 5.69 Å². The molecule has 0 saturated carbocycles. The first-order chi connectivity index (χ1) is 11.1. The Hall–Kier alpha value is -0.660. The standard InChI is InChI=1S/C14H13Cl4N3O2S/c1-14(2,3)12-20-21-13(23-12)24-5-8(22)19-11-9(17)6(15)4-7(16)10(11)18/h4H,5H2,1-3H3,(H,19,22). The Balaban J connectivity index is 2.03. The van der Waals surface area contributed by atoms with E-state index < -0.39 is 0 Å². The summed E-state index contributed by atoms with van der Waals surface area (Å²) < 4.78 is 5.50. The number of thioether (sulfide) groups is 1. The summed E-state index contributed by atoms with van der Waals surface area (Å²) in [7, 11) is 0. The van der Waals surface area contributed by atoms with Gasteiger partial charge in [-0.15, -0.1) is 10.2 Å². The molecule has 1 amide bonds. The lowest BCUT2D eigenvalue weighted by Crippen LogP contribution is -2.15. The van der Waals surface area contributed by atoms with Crippen molar-refractivity contribution >= 4 is 69.8 Å². The number of carbonyl (C=O) groups is 1. The summed E-state index contributed by atoms with van der Waals surface area (Å²) in [5, 5.41) is 11.4. The summed E-state index contributed by atoms with van der Waals surface area (Å²) >= 11 is 25.1. The van der Waals surface area contributed by atoms with Crippen molar-refractivity contribution in [3.05, 3.63) is 32.0 Å². The summed E-state index contributed by atoms with van der Waals surface area (Å²) in [6.45, 7) is 5.86. The summed E-state index contributed by atoms with van der Waals surface area (Å²) in [4.78, 5) is 12.1. The fourth-order valence-corrected chi connectivity index (χ4v) is 3.02. The molecule has 1 aromatic heterocycles. The molecule has 0 bridgehead atoms. The highest BCUT2D eigenvalue weighted by atomic mass is 35.5. The normalized spacial score (nSPS) is 11.6. The molecule has 24 heavy (non-hydrogen) atoms. The molecule has 0 radical (unpaired) electrons. The van der Waals surface area contributed by atoms with E-state index in [0.717, 1.165) is 11.8 Å². The van der Waals surface area contributed by atoms with Crippen molar-refractivity contribution in [2.24, 2.45) is 0 Å². The quantitative estimate of drug-likeness (QED) is 0.498. The topological polar surface area (TPSA) is 68.0 Å². The van der Waals surface area contributed by atoms with E-state index in [0.29, 0.717) is 11.1 Å². The number of benzene rings is 1. The zero-order valence-electron chi connectivity index (χ0n) is 12.9. The average Bonchev–Trinajstić information content (AvgIpc) is 2.96. The number of hydrogen-bond donors (Lipinski definition) is 1. The average molecular weight is 429 g/mol. The van der Waals surface area contributed by atoms with Crippen molar-refractivity contribution < 1.29 is 9.21 Å². The van der Waals surface area contributed by atoms with Gasteiger partial charge in [0.25, 0.3) is 5.22 Å². The molecule has 10 heteroatoms. The minimum Gasteiger partial charge on any atom is -0.415 e. The Labute approximate surface area is 163 Å². The number of aromatic nitrogens is 2. The second-order valence-corrected chi connectivity index (χ2v) is 8.30. The maximum atomic E-state index is 12.1. The Morgan fingerprint density at radius 2 is 1.75 bits per heavy atom. The van der Waals surface area contributed by atoms with Gasteiger partial charge < -0.3 is 9.73 Å². The van der Waals surface area contributed by atoms with Crippen LogP contribution in [-0.4, -0.2) is 21.9 Å². The lowest BCUT2D eigenvalue weighted by Gasteiger charge is -2.11. The van der Waals surface area contributed by atoms with Crippen molar-refractivity contribution in [3.63, 3.8) is 0 Å². The smallest absolute Gasteiger partial charge is 0.277 e. The highest BCUT2D eigenvalue weighted by molar-refractivity contribution is 7.99. The van der Waals surface area contributed by atoms with E-state index in [1.807, 2.05) is 20.8 Å². The molecule has 0 aliphatic heterocycles. The molecule has 0 unspecified atom stereocenters. The first-order valence-corrected chi connectivity index (χ1v) is 9.19. The van der Waals surface area contributed by atoms with Gasteiger partial charge in [0.15, 0.2) is 0 Å². The maximum absolute atomic E-state index is 12.1. The molecule has 1 aromatic carbocycles. The second-order valence-electron chi connectivity index (χ2n) is 5.80. The summed E-state index contributed by atoms with van der Waals surface area (Å²) in [6, 6.07) is 1.41. The lowest BCUT2D eigenvalue weighted by atomic mass is 9.97. The number of carbonyl (C=O) groups excluding carboxylic acids is 1. The maximum Gasteiger partial charge on any atom is 0.277 e. The van der Waals surface area contributed by atoms with Gasteiger partial charge in [-0.1, -0.05) is 78.9 Å². The largest absolute Gasteiger partial charge is 0.415 e. The van der Waals surface area contributed by atoms with Crippen LogP contribution >= 0.6 is 58.2 Å². The third-order valence-electron chi connectivity index (χ3n) is 2.75. The highest BCUT2D eigenvalue weighted by Crippen LogP contribution is 2.41. The van der Waals surface area contributed by atoms with Gasteiger partial charge in [-0.25, -0.2) is 0 Å². The van der Waals surface area contributed by atoms with E-state index in [1.54, 1.807) is 0 Å². The first kappa shape index (κ1) is 19.7. The van der Waals surface area contributed by atoms with Gasteiger partial charge in [0, 0.05) is 5.41 Å². The fourth-order valence-electron chi connectivity index (χ4n) is 1.56. The van der Waals surface area contributed by atoms with Gasteiger partial charge in [-0.05, 0) is 6.07 Å². The van der Waals surface area contributed by atoms with Crippen LogP contribution in [0.3, 0.4) is 0 Å². The van der Waals surface area contributed by atoms with E-state index in [4.69, 9.17) is 50.8 Å². The van der Waals surface area contributed by atoms with Crippen molar-refractivity contribution in [2.75, 3.05) is 11.1 Å². The molecule has 130 valence electrons. The number of rotatable bonds is 4. The van der Waals surface area contributed by atoms with Crippen LogP contribution in [0, 0.1) is 0 Å². The van der Waals surface area contributed by atoms with Crippen molar-refractivity contribution in [3.8, 4) is 0 Å². The third kappa shape index (κ3) is 4.70.